The third kappa shape index (κ3) is 5.06. The Kier molecular flexibility index (Phi) is 6.12. The summed E-state index contributed by atoms with van der Waals surface area (Å²) in [4.78, 5) is 44.5. The first kappa shape index (κ1) is 21.1. The Hall–Kier alpha value is -2.61. The number of ether oxygens (including phenoxy) is 1. The molecule has 2 saturated heterocycles. The van der Waals surface area contributed by atoms with E-state index >= 15 is 0 Å². The number of hydrogen-bond acceptors (Lipinski definition) is 5. The fourth-order valence-electron chi connectivity index (χ4n) is 3.95. The molecule has 2 bridgehead atoms. The molecular formula is C21H29N3O5. The number of carbonyl (C=O) groups excluding carboxylic acids is 3. The molecule has 3 atom stereocenters. The molecule has 0 aromatic heterocycles. The highest BCUT2D eigenvalue weighted by molar-refractivity contribution is 5.88. The van der Waals surface area contributed by atoms with Crippen LogP contribution in [0.2, 0.25) is 0 Å². The zero-order valence-electron chi connectivity index (χ0n) is 17.4. The van der Waals surface area contributed by atoms with Gasteiger partial charge in [-0.3, -0.25) is 9.63 Å². The monoisotopic (exact) mass is 403 g/mol. The average molecular weight is 403 g/mol. The number of fused-ring (bicyclic) bond motifs is 2. The zero-order valence-corrected chi connectivity index (χ0v) is 17.4. The standard InChI is InChI=1S/C21H29N3O5/c1-14(25)18-16(11-22-19(26)29-21(2,3)4)10-17-12-23(18)20(27)24(17)28-13-15-8-6-5-7-9-15/h5-9,16-18H,10-13H2,1-4H3,(H,22,26)/t16-,17-,18-/m1/s1. The Balaban J connectivity index is 1.65. The Morgan fingerprint density at radius 2 is 1.90 bits per heavy atom. The molecule has 3 amide bonds. The Morgan fingerprint density at radius 3 is 2.52 bits per heavy atom. The number of amides is 3. The Labute approximate surface area is 171 Å². The third-order valence-electron chi connectivity index (χ3n) is 5.07. The maximum atomic E-state index is 12.9. The highest BCUT2D eigenvalue weighted by Crippen LogP contribution is 2.34. The van der Waals surface area contributed by atoms with Crippen molar-refractivity contribution >= 4 is 17.9 Å². The molecule has 0 aliphatic carbocycles. The first-order valence-corrected chi connectivity index (χ1v) is 9.89. The molecule has 0 radical (unpaired) electrons. The molecule has 29 heavy (non-hydrogen) atoms. The maximum Gasteiger partial charge on any atom is 0.407 e. The van der Waals surface area contributed by atoms with Crippen molar-refractivity contribution in [2.75, 3.05) is 13.1 Å². The third-order valence-corrected chi connectivity index (χ3v) is 5.07. The van der Waals surface area contributed by atoms with Gasteiger partial charge in [0, 0.05) is 19.0 Å². The van der Waals surface area contributed by atoms with E-state index in [0.29, 0.717) is 13.0 Å². The molecule has 2 aliphatic heterocycles. The van der Waals surface area contributed by atoms with E-state index in [-0.39, 0.29) is 36.9 Å². The number of Topliss-reactive ketones (excluding diaryl/α,β-unsaturated/α-hetero) is 1. The van der Waals surface area contributed by atoms with Crippen molar-refractivity contribution in [3.05, 3.63) is 35.9 Å². The van der Waals surface area contributed by atoms with Gasteiger partial charge < -0.3 is 15.0 Å². The maximum absolute atomic E-state index is 12.9. The number of hydrogen-bond donors (Lipinski definition) is 1. The van der Waals surface area contributed by atoms with Crippen molar-refractivity contribution in [2.45, 2.75) is 58.4 Å². The lowest BCUT2D eigenvalue weighted by atomic mass is 9.86. The molecule has 0 unspecified atom stereocenters. The molecule has 3 rings (SSSR count). The van der Waals surface area contributed by atoms with Gasteiger partial charge in [-0.2, -0.15) is 5.06 Å². The molecule has 2 aliphatic rings. The van der Waals surface area contributed by atoms with Crippen LogP contribution in [0.1, 0.15) is 39.7 Å². The summed E-state index contributed by atoms with van der Waals surface area (Å²) >= 11 is 0. The van der Waals surface area contributed by atoms with Crippen LogP contribution in [0, 0.1) is 5.92 Å². The number of nitrogens with zero attached hydrogens (tertiary/aromatic N) is 2. The topological polar surface area (TPSA) is 88.2 Å². The fourth-order valence-corrected chi connectivity index (χ4v) is 3.95. The summed E-state index contributed by atoms with van der Waals surface area (Å²) in [5.41, 5.74) is 0.361. The van der Waals surface area contributed by atoms with E-state index in [1.165, 1.54) is 12.0 Å². The first-order chi connectivity index (χ1) is 13.7. The van der Waals surface area contributed by atoms with Crippen LogP contribution in [0.5, 0.6) is 0 Å². The van der Waals surface area contributed by atoms with Crippen LogP contribution < -0.4 is 5.32 Å². The van der Waals surface area contributed by atoms with Crippen LogP contribution in [0.3, 0.4) is 0 Å². The molecule has 2 fully saturated rings. The van der Waals surface area contributed by atoms with Crippen LogP contribution in [0.4, 0.5) is 9.59 Å². The number of ketones is 1. The number of piperidine rings is 1. The minimum absolute atomic E-state index is 0.0994. The van der Waals surface area contributed by atoms with Crippen molar-refractivity contribution in [1.29, 1.82) is 0 Å². The smallest absolute Gasteiger partial charge is 0.407 e. The summed E-state index contributed by atoms with van der Waals surface area (Å²) in [5, 5.41) is 4.12. The number of hydroxylamine groups is 2. The fraction of sp³-hybridized carbons (Fsp3) is 0.571. The molecule has 0 spiro atoms. The van der Waals surface area contributed by atoms with Gasteiger partial charge in [-0.25, -0.2) is 9.59 Å². The SMILES string of the molecule is CC(=O)[C@@H]1[C@@H](CNC(=O)OC(C)(C)C)C[C@@H]2CN1C(=O)N2OCc1ccccc1. The van der Waals surface area contributed by atoms with Crippen molar-refractivity contribution in [1.82, 2.24) is 15.3 Å². The van der Waals surface area contributed by atoms with E-state index < -0.39 is 17.7 Å². The van der Waals surface area contributed by atoms with Gasteiger partial charge in [0.15, 0.2) is 5.78 Å². The van der Waals surface area contributed by atoms with Gasteiger partial charge in [-0.15, -0.1) is 0 Å². The highest BCUT2D eigenvalue weighted by Gasteiger charge is 2.51. The summed E-state index contributed by atoms with van der Waals surface area (Å²) in [6.45, 7) is 7.83. The van der Waals surface area contributed by atoms with Gasteiger partial charge in [0.25, 0.3) is 0 Å². The Morgan fingerprint density at radius 1 is 1.21 bits per heavy atom. The molecule has 0 saturated carbocycles. The lowest BCUT2D eigenvalue weighted by Crippen LogP contribution is -2.53. The normalized spacial score (nSPS) is 23.9. The number of nitrogens with one attached hydrogen (secondary N) is 1. The van der Waals surface area contributed by atoms with E-state index in [9.17, 15) is 14.4 Å². The molecule has 1 N–H and O–H groups in total. The molecule has 1 aromatic carbocycles. The van der Waals surface area contributed by atoms with E-state index in [2.05, 4.69) is 5.32 Å². The van der Waals surface area contributed by atoms with Gasteiger partial charge in [-0.05, 0) is 39.7 Å². The van der Waals surface area contributed by atoms with Gasteiger partial charge in [0.2, 0.25) is 0 Å². The molecule has 8 heteroatoms. The van der Waals surface area contributed by atoms with E-state index in [0.717, 1.165) is 5.56 Å². The summed E-state index contributed by atoms with van der Waals surface area (Å²) < 4.78 is 5.27. The summed E-state index contributed by atoms with van der Waals surface area (Å²) in [6.07, 6.45) is 0.0353. The van der Waals surface area contributed by atoms with Gasteiger partial charge in [0.05, 0.1) is 12.1 Å². The van der Waals surface area contributed by atoms with Crippen molar-refractivity contribution < 1.29 is 24.0 Å². The molecule has 1 aromatic rings. The van der Waals surface area contributed by atoms with E-state index in [1.807, 2.05) is 30.3 Å². The quantitative estimate of drug-likeness (QED) is 0.789. The van der Waals surface area contributed by atoms with Crippen LogP contribution in [-0.2, 0) is 21.0 Å². The average Bonchev–Trinajstić information content (AvgIpc) is 2.88. The number of rotatable bonds is 6. The van der Waals surface area contributed by atoms with Crippen LogP contribution in [0.15, 0.2) is 30.3 Å². The van der Waals surface area contributed by atoms with Gasteiger partial charge >= 0.3 is 12.1 Å². The molecule has 2 heterocycles. The predicted molar refractivity (Wildman–Crippen MR) is 106 cm³/mol. The summed E-state index contributed by atoms with van der Waals surface area (Å²) in [7, 11) is 0. The van der Waals surface area contributed by atoms with E-state index in [1.54, 1.807) is 25.7 Å². The van der Waals surface area contributed by atoms with Gasteiger partial charge in [-0.1, -0.05) is 30.3 Å². The number of urea groups is 1. The second-order valence-corrected chi connectivity index (χ2v) is 8.61. The number of benzene rings is 1. The van der Waals surface area contributed by atoms with Crippen LogP contribution >= 0.6 is 0 Å². The molecular weight excluding hydrogens is 374 g/mol. The lowest BCUT2D eigenvalue weighted by molar-refractivity contribution is -0.142. The van der Waals surface area contributed by atoms with Gasteiger partial charge in [0.1, 0.15) is 12.2 Å². The molecule has 8 nitrogen and oxygen atoms in total. The summed E-state index contributed by atoms with van der Waals surface area (Å²) in [5.74, 6) is -0.300. The zero-order chi connectivity index (χ0) is 21.2. The van der Waals surface area contributed by atoms with E-state index in [4.69, 9.17) is 9.57 Å². The van der Waals surface area contributed by atoms with Crippen molar-refractivity contribution in [3.63, 3.8) is 0 Å². The van der Waals surface area contributed by atoms with Crippen molar-refractivity contribution in [3.8, 4) is 0 Å². The Bertz CT molecular complexity index is 761. The van der Waals surface area contributed by atoms with Crippen molar-refractivity contribution in [2.24, 2.45) is 5.92 Å². The van der Waals surface area contributed by atoms with Crippen LogP contribution in [-0.4, -0.2) is 58.6 Å². The number of carbonyl (C=O) groups is 3. The summed E-state index contributed by atoms with van der Waals surface area (Å²) in [6, 6.07) is 8.56. The largest absolute Gasteiger partial charge is 0.444 e. The first-order valence-electron chi connectivity index (χ1n) is 9.89. The lowest BCUT2D eigenvalue weighted by Gasteiger charge is -2.36. The minimum atomic E-state index is -0.600. The predicted octanol–water partition coefficient (Wildman–Crippen LogP) is 2.73. The minimum Gasteiger partial charge on any atom is -0.444 e. The number of alkyl carbamates (subject to hydrolysis) is 1. The second kappa shape index (κ2) is 8.41. The van der Waals surface area contributed by atoms with Crippen LogP contribution in [0.25, 0.3) is 0 Å². The molecule has 158 valence electrons. The highest BCUT2D eigenvalue weighted by atomic mass is 16.7. The second-order valence-electron chi connectivity index (χ2n) is 8.61.